The third kappa shape index (κ3) is 5.02. The van der Waals surface area contributed by atoms with Gasteiger partial charge in [0.1, 0.15) is 4.90 Å². The normalized spacial score (nSPS) is 12.3. The second kappa shape index (κ2) is 6.44. The van der Waals surface area contributed by atoms with Gasteiger partial charge in [0.15, 0.2) is 0 Å². The van der Waals surface area contributed by atoms with E-state index in [2.05, 4.69) is 10.6 Å². The number of rotatable bonds is 5. The van der Waals surface area contributed by atoms with E-state index in [0.717, 1.165) is 4.31 Å². The summed E-state index contributed by atoms with van der Waals surface area (Å²) in [5.74, 6) is -0.195. The highest BCUT2D eigenvalue weighted by molar-refractivity contribution is 7.89. The molecule has 0 aliphatic heterocycles. The molecule has 0 aromatic heterocycles. The van der Waals surface area contributed by atoms with E-state index in [4.69, 9.17) is 0 Å². The van der Waals surface area contributed by atoms with Gasteiger partial charge in [-0.1, -0.05) is 12.1 Å². The maximum Gasteiger partial charge on any atom is 0.244 e. The minimum absolute atomic E-state index is 0.0111. The van der Waals surface area contributed by atoms with Gasteiger partial charge in [0.05, 0.1) is 12.2 Å². The number of amides is 1. The molecular weight excluding hydrogens is 290 g/mol. The maximum absolute atomic E-state index is 12.2. The highest BCUT2D eigenvalue weighted by Gasteiger charge is 2.21. The fourth-order valence-electron chi connectivity index (χ4n) is 1.67. The zero-order valence-corrected chi connectivity index (χ0v) is 13.9. The molecule has 118 valence electrons. The van der Waals surface area contributed by atoms with Gasteiger partial charge < -0.3 is 10.6 Å². The van der Waals surface area contributed by atoms with E-state index in [1.807, 2.05) is 20.8 Å². The summed E-state index contributed by atoms with van der Waals surface area (Å²) in [6.45, 7) is 5.66. The van der Waals surface area contributed by atoms with Gasteiger partial charge in [-0.3, -0.25) is 4.79 Å². The van der Waals surface area contributed by atoms with Crippen LogP contribution >= 0.6 is 0 Å². The Morgan fingerprint density at radius 3 is 2.29 bits per heavy atom. The minimum Gasteiger partial charge on any atom is -0.375 e. The number of sulfonamides is 1. The molecule has 0 fully saturated rings. The number of hydrogen-bond acceptors (Lipinski definition) is 4. The van der Waals surface area contributed by atoms with Crippen molar-refractivity contribution in [2.45, 2.75) is 31.2 Å². The van der Waals surface area contributed by atoms with Gasteiger partial charge in [0, 0.05) is 19.6 Å². The lowest BCUT2D eigenvalue weighted by atomic mass is 10.1. The number of hydrogen-bond donors (Lipinski definition) is 2. The van der Waals surface area contributed by atoms with Gasteiger partial charge in [-0.15, -0.1) is 0 Å². The molecule has 0 saturated carbocycles. The zero-order chi connectivity index (χ0) is 16.3. The van der Waals surface area contributed by atoms with Crippen molar-refractivity contribution in [2.24, 2.45) is 0 Å². The Hall–Kier alpha value is -1.60. The number of nitrogens with one attached hydrogen (secondary N) is 2. The van der Waals surface area contributed by atoms with E-state index >= 15 is 0 Å². The molecule has 1 aromatic carbocycles. The first-order valence-electron chi connectivity index (χ1n) is 6.60. The standard InChI is InChI=1S/C14H23N3O3S/c1-14(2,3)16-13(18)10-15-11-8-6-7-9-12(11)21(19,20)17(4)5/h6-9,15H,10H2,1-5H3,(H,16,18). The molecule has 1 aromatic rings. The number of carbonyl (C=O) groups excluding carboxylic acids is 1. The molecule has 0 unspecified atom stereocenters. The van der Waals surface area contributed by atoms with Crippen LogP contribution in [-0.4, -0.2) is 44.8 Å². The van der Waals surface area contributed by atoms with Gasteiger partial charge in [0.25, 0.3) is 0 Å². The molecule has 0 spiro atoms. The number of nitrogens with zero attached hydrogens (tertiary/aromatic N) is 1. The van der Waals surface area contributed by atoms with Crippen molar-refractivity contribution in [3.05, 3.63) is 24.3 Å². The van der Waals surface area contributed by atoms with E-state index in [0.29, 0.717) is 5.69 Å². The van der Waals surface area contributed by atoms with Crippen LogP contribution in [0.15, 0.2) is 29.2 Å². The summed E-state index contributed by atoms with van der Waals surface area (Å²) >= 11 is 0. The van der Waals surface area contributed by atoms with Crippen LogP contribution in [0, 0.1) is 0 Å². The quantitative estimate of drug-likeness (QED) is 0.858. The maximum atomic E-state index is 12.2. The van der Waals surface area contributed by atoms with Gasteiger partial charge in [-0.25, -0.2) is 12.7 Å². The Bertz CT molecular complexity index is 604. The van der Waals surface area contributed by atoms with Crippen molar-refractivity contribution >= 4 is 21.6 Å². The smallest absolute Gasteiger partial charge is 0.244 e. The molecule has 0 saturated heterocycles. The molecule has 2 N–H and O–H groups in total. The summed E-state index contributed by atoms with van der Waals surface area (Å²) in [6.07, 6.45) is 0. The molecule has 1 rings (SSSR count). The average molecular weight is 313 g/mol. The SMILES string of the molecule is CN(C)S(=O)(=O)c1ccccc1NCC(=O)NC(C)(C)C. The van der Waals surface area contributed by atoms with Crippen molar-refractivity contribution in [2.75, 3.05) is 26.0 Å². The predicted octanol–water partition coefficient (Wildman–Crippen LogP) is 1.26. The van der Waals surface area contributed by atoms with Crippen molar-refractivity contribution < 1.29 is 13.2 Å². The lowest BCUT2D eigenvalue weighted by molar-refractivity contribution is -0.120. The molecule has 7 heteroatoms. The molecular formula is C14H23N3O3S. The van der Waals surface area contributed by atoms with E-state index in [9.17, 15) is 13.2 Å². The largest absolute Gasteiger partial charge is 0.375 e. The highest BCUT2D eigenvalue weighted by Crippen LogP contribution is 2.22. The van der Waals surface area contributed by atoms with Crippen molar-refractivity contribution in [3.8, 4) is 0 Å². The Morgan fingerprint density at radius 1 is 1.19 bits per heavy atom. The fraction of sp³-hybridized carbons (Fsp3) is 0.500. The first-order chi connectivity index (χ1) is 9.54. The number of anilines is 1. The molecule has 6 nitrogen and oxygen atoms in total. The molecule has 0 heterocycles. The molecule has 1 amide bonds. The first kappa shape index (κ1) is 17.5. The summed E-state index contributed by atoms with van der Waals surface area (Å²) in [4.78, 5) is 11.9. The average Bonchev–Trinajstić information content (AvgIpc) is 2.34. The highest BCUT2D eigenvalue weighted by atomic mass is 32.2. The Balaban J connectivity index is 2.89. The van der Waals surface area contributed by atoms with Crippen LogP contribution < -0.4 is 10.6 Å². The summed E-state index contributed by atoms with van der Waals surface area (Å²) < 4.78 is 25.6. The van der Waals surface area contributed by atoms with Gasteiger partial charge in [-0.05, 0) is 32.9 Å². The summed E-state index contributed by atoms with van der Waals surface area (Å²) in [5.41, 5.74) is 0.0869. The molecule has 0 aliphatic carbocycles. The topological polar surface area (TPSA) is 78.5 Å². The van der Waals surface area contributed by atoms with Crippen LogP contribution in [0.25, 0.3) is 0 Å². The summed E-state index contributed by atoms with van der Waals surface area (Å²) in [7, 11) is -0.610. The van der Waals surface area contributed by atoms with Crippen LogP contribution in [0.2, 0.25) is 0 Å². The number of carbonyl (C=O) groups is 1. The van der Waals surface area contributed by atoms with Crippen molar-refractivity contribution in [1.29, 1.82) is 0 Å². The lowest BCUT2D eigenvalue weighted by Gasteiger charge is -2.21. The van der Waals surface area contributed by atoms with Crippen LogP contribution in [-0.2, 0) is 14.8 Å². The Kier molecular flexibility index (Phi) is 5.36. The molecule has 21 heavy (non-hydrogen) atoms. The van der Waals surface area contributed by atoms with Crippen molar-refractivity contribution in [3.63, 3.8) is 0 Å². The van der Waals surface area contributed by atoms with Gasteiger partial charge in [0.2, 0.25) is 15.9 Å². The predicted molar refractivity (Wildman–Crippen MR) is 83.7 cm³/mol. The van der Waals surface area contributed by atoms with E-state index < -0.39 is 10.0 Å². The second-order valence-corrected chi connectivity index (χ2v) is 8.06. The van der Waals surface area contributed by atoms with Crippen LogP contribution in [0.5, 0.6) is 0 Å². The van der Waals surface area contributed by atoms with Crippen LogP contribution in [0.3, 0.4) is 0 Å². The van der Waals surface area contributed by atoms with Crippen LogP contribution in [0.1, 0.15) is 20.8 Å². The Morgan fingerprint density at radius 2 is 1.76 bits per heavy atom. The number of benzene rings is 1. The van der Waals surface area contributed by atoms with E-state index in [-0.39, 0.29) is 22.9 Å². The summed E-state index contributed by atoms with van der Waals surface area (Å²) in [6, 6.07) is 6.52. The van der Waals surface area contributed by atoms with Gasteiger partial charge in [-0.2, -0.15) is 0 Å². The van der Waals surface area contributed by atoms with E-state index in [1.165, 1.54) is 20.2 Å². The third-order valence-electron chi connectivity index (χ3n) is 2.60. The minimum atomic E-state index is -3.55. The molecule has 0 bridgehead atoms. The second-order valence-electron chi connectivity index (χ2n) is 5.94. The monoisotopic (exact) mass is 313 g/mol. The number of para-hydroxylation sites is 1. The lowest BCUT2D eigenvalue weighted by Crippen LogP contribution is -2.43. The fourth-order valence-corrected chi connectivity index (χ4v) is 2.73. The zero-order valence-electron chi connectivity index (χ0n) is 13.1. The third-order valence-corrected chi connectivity index (χ3v) is 4.47. The molecule has 0 atom stereocenters. The summed E-state index contributed by atoms with van der Waals surface area (Å²) in [5, 5.41) is 5.69. The first-order valence-corrected chi connectivity index (χ1v) is 8.04. The van der Waals surface area contributed by atoms with Crippen molar-refractivity contribution in [1.82, 2.24) is 9.62 Å². The Labute approximate surface area is 126 Å². The van der Waals surface area contributed by atoms with Gasteiger partial charge >= 0.3 is 0 Å². The molecule has 0 radical (unpaired) electrons. The molecule has 0 aliphatic rings. The van der Waals surface area contributed by atoms with Crippen LogP contribution in [0.4, 0.5) is 5.69 Å². The van der Waals surface area contributed by atoms with E-state index in [1.54, 1.807) is 18.2 Å².